The molecule has 3 aromatic rings. The van der Waals surface area contributed by atoms with Crippen LogP contribution in [0.4, 0.5) is 0 Å². The van der Waals surface area contributed by atoms with Gasteiger partial charge in [-0.1, -0.05) is 120 Å². The summed E-state index contributed by atoms with van der Waals surface area (Å²) < 4.78 is 11.2. The third-order valence-corrected chi connectivity index (χ3v) is 14.1. The van der Waals surface area contributed by atoms with E-state index in [-0.39, 0.29) is 18.3 Å². The lowest BCUT2D eigenvalue weighted by molar-refractivity contribution is -0.162. The minimum absolute atomic E-state index is 0.0483. The lowest BCUT2D eigenvalue weighted by Gasteiger charge is -2.49. The maximum atomic E-state index is 13.7. The van der Waals surface area contributed by atoms with Gasteiger partial charge in [0.05, 0.1) is 0 Å². The lowest BCUT2D eigenvalue weighted by atomic mass is 10.0. The van der Waals surface area contributed by atoms with Crippen molar-refractivity contribution < 1.29 is 24.2 Å². The highest BCUT2D eigenvalue weighted by Crippen LogP contribution is 2.46. The Labute approximate surface area is 221 Å². The van der Waals surface area contributed by atoms with Gasteiger partial charge in [0.2, 0.25) is 0 Å². The van der Waals surface area contributed by atoms with E-state index in [1.54, 1.807) is 13.0 Å². The molecule has 3 rings (SSSR count). The molecule has 0 fully saturated rings. The van der Waals surface area contributed by atoms with E-state index in [1.165, 1.54) is 6.08 Å². The van der Waals surface area contributed by atoms with Gasteiger partial charge in [0.15, 0.2) is 5.22 Å². The van der Waals surface area contributed by atoms with Crippen LogP contribution >= 0.6 is 0 Å². The molecule has 0 heterocycles. The van der Waals surface area contributed by atoms with E-state index in [0.717, 1.165) is 21.9 Å². The summed E-state index contributed by atoms with van der Waals surface area (Å²) in [6, 6.07) is 23.2. The van der Waals surface area contributed by atoms with Crippen LogP contribution in [0.3, 0.4) is 0 Å². The Morgan fingerprint density at radius 2 is 1.51 bits per heavy atom. The summed E-state index contributed by atoms with van der Waals surface area (Å²) in [4.78, 5) is 26.1. The standard InChI is InChI=1S/C31H38O5Si/c1-23(19-20-28(32)35-21-24-13-8-7-9-14-24)31(34,37(5,6)30(2,3)4)29(33)36-22-26-17-12-16-25-15-10-11-18-27(25)26/h7-20,23,34H,21-22H2,1-6H3/b20-19+/t23-,31-/m1/s1. The zero-order valence-electron chi connectivity index (χ0n) is 22.7. The molecular formula is C31H38O5Si. The summed E-state index contributed by atoms with van der Waals surface area (Å²) in [5, 5.41) is 12.1. The van der Waals surface area contributed by atoms with Gasteiger partial charge in [0, 0.05) is 12.0 Å². The molecule has 0 aliphatic carbocycles. The van der Waals surface area contributed by atoms with Crippen LogP contribution in [0, 0.1) is 5.92 Å². The Hall–Kier alpha value is -3.22. The first-order valence-corrected chi connectivity index (χ1v) is 15.6. The van der Waals surface area contributed by atoms with Gasteiger partial charge in [-0.05, 0) is 26.9 Å². The summed E-state index contributed by atoms with van der Waals surface area (Å²) in [5.41, 5.74) is 1.75. The highest BCUT2D eigenvalue weighted by molar-refractivity contribution is 6.85. The molecule has 0 aliphatic heterocycles. The molecule has 5 nitrogen and oxygen atoms in total. The van der Waals surface area contributed by atoms with Gasteiger partial charge >= 0.3 is 11.9 Å². The van der Waals surface area contributed by atoms with Crippen LogP contribution in [0.25, 0.3) is 10.8 Å². The Balaban J connectivity index is 1.81. The fourth-order valence-corrected chi connectivity index (χ4v) is 7.35. The van der Waals surface area contributed by atoms with E-state index in [9.17, 15) is 14.7 Å². The predicted octanol–water partition coefficient (Wildman–Crippen LogP) is 6.60. The van der Waals surface area contributed by atoms with Crippen molar-refractivity contribution in [1.29, 1.82) is 0 Å². The summed E-state index contributed by atoms with van der Waals surface area (Å²) in [6.45, 7) is 12.0. The molecule has 0 aromatic heterocycles. The zero-order chi connectivity index (χ0) is 27.3. The quantitative estimate of drug-likeness (QED) is 0.196. The van der Waals surface area contributed by atoms with Crippen molar-refractivity contribution >= 4 is 30.8 Å². The van der Waals surface area contributed by atoms with Crippen molar-refractivity contribution in [3.05, 3.63) is 96.1 Å². The molecule has 0 amide bonds. The molecule has 37 heavy (non-hydrogen) atoms. The summed E-state index contributed by atoms with van der Waals surface area (Å²) >= 11 is 0. The smallest absolute Gasteiger partial charge is 0.335 e. The van der Waals surface area contributed by atoms with Crippen molar-refractivity contribution in [2.24, 2.45) is 5.92 Å². The van der Waals surface area contributed by atoms with Gasteiger partial charge in [-0.15, -0.1) is 0 Å². The molecular weight excluding hydrogens is 480 g/mol. The van der Waals surface area contributed by atoms with Gasteiger partial charge in [-0.25, -0.2) is 9.59 Å². The Morgan fingerprint density at radius 1 is 0.892 bits per heavy atom. The minimum Gasteiger partial charge on any atom is -0.459 e. The van der Waals surface area contributed by atoms with Crippen molar-refractivity contribution in [3.63, 3.8) is 0 Å². The monoisotopic (exact) mass is 518 g/mol. The highest BCUT2D eigenvalue weighted by Gasteiger charge is 2.60. The third kappa shape index (κ3) is 6.20. The van der Waals surface area contributed by atoms with Crippen LogP contribution in [0.2, 0.25) is 18.1 Å². The topological polar surface area (TPSA) is 72.8 Å². The molecule has 0 saturated heterocycles. The Kier molecular flexibility index (Phi) is 8.77. The SMILES string of the molecule is C[C@H](/C=C/C(=O)OCc1ccccc1)[C@](O)(C(=O)OCc1cccc2ccccc12)[Si](C)(C)C(C)(C)C. The van der Waals surface area contributed by atoms with E-state index in [4.69, 9.17) is 9.47 Å². The fourth-order valence-electron chi connectivity index (χ4n) is 4.39. The maximum absolute atomic E-state index is 13.7. The predicted molar refractivity (Wildman–Crippen MR) is 150 cm³/mol. The molecule has 0 unspecified atom stereocenters. The van der Waals surface area contributed by atoms with Crippen LogP contribution in [0.5, 0.6) is 0 Å². The molecule has 0 aliphatic rings. The largest absolute Gasteiger partial charge is 0.459 e. The van der Waals surface area contributed by atoms with E-state index in [1.807, 2.05) is 107 Å². The highest BCUT2D eigenvalue weighted by atomic mass is 28.3. The minimum atomic E-state index is -2.74. The number of carbonyl (C=O) groups excluding carboxylic acids is 2. The van der Waals surface area contributed by atoms with Crippen molar-refractivity contribution in [1.82, 2.24) is 0 Å². The number of ether oxygens (including phenoxy) is 2. The summed E-state index contributed by atoms with van der Waals surface area (Å²) in [6.07, 6.45) is 2.86. The van der Waals surface area contributed by atoms with Gasteiger partial charge in [-0.3, -0.25) is 0 Å². The Morgan fingerprint density at radius 3 is 2.19 bits per heavy atom. The van der Waals surface area contributed by atoms with Crippen LogP contribution in [0.15, 0.2) is 84.9 Å². The zero-order valence-corrected chi connectivity index (χ0v) is 23.7. The number of benzene rings is 3. The molecule has 0 bridgehead atoms. The van der Waals surface area contributed by atoms with Crippen molar-refractivity contribution in [2.75, 3.05) is 0 Å². The fraction of sp³-hybridized carbons (Fsp3) is 0.355. The molecule has 2 atom stereocenters. The van der Waals surface area contributed by atoms with E-state index >= 15 is 0 Å². The molecule has 6 heteroatoms. The number of hydrogen-bond donors (Lipinski definition) is 1. The van der Waals surface area contributed by atoms with Gasteiger partial charge in [0.1, 0.15) is 21.3 Å². The number of hydrogen-bond acceptors (Lipinski definition) is 5. The van der Waals surface area contributed by atoms with Crippen LogP contribution < -0.4 is 0 Å². The third-order valence-electron chi connectivity index (χ3n) is 7.78. The van der Waals surface area contributed by atoms with Crippen LogP contribution in [-0.4, -0.2) is 30.3 Å². The van der Waals surface area contributed by atoms with Crippen LogP contribution in [0.1, 0.15) is 38.8 Å². The maximum Gasteiger partial charge on any atom is 0.335 e. The Bertz CT molecular complexity index is 1250. The van der Waals surface area contributed by atoms with Gasteiger partial charge in [0.25, 0.3) is 0 Å². The molecule has 196 valence electrons. The number of carbonyl (C=O) groups is 2. The van der Waals surface area contributed by atoms with Crippen LogP contribution in [-0.2, 0) is 32.3 Å². The second-order valence-corrected chi connectivity index (χ2v) is 16.6. The number of rotatable bonds is 9. The number of esters is 2. The average Bonchev–Trinajstić information content (AvgIpc) is 2.88. The molecule has 0 radical (unpaired) electrons. The molecule has 3 aromatic carbocycles. The van der Waals surface area contributed by atoms with Crippen molar-refractivity contribution in [3.8, 4) is 0 Å². The second-order valence-electron chi connectivity index (χ2n) is 11.1. The van der Waals surface area contributed by atoms with Gasteiger partial charge < -0.3 is 14.6 Å². The second kappa shape index (κ2) is 11.4. The molecule has 1 N–H and O–H groups in total. The summed E-state index contributed by atoms with van der Waals surface area (Å²) in [5.74, 6) is -1.86. The van der Waals surface area contributed by atoms with E-state index < -0.39 is 31.2 Å². The number of aliphatic hydroxyl groups is 1. The lowest BCUT2D eigenvalue weighted by Crippen LogP contribution is -2.67. The average molecular weight is 519 g/mol. The van der Waals surface area contributed by atoms with E-state index in [0.29, 0.717) is 0 Å². The number of fused-ring (bicyclic) bond motifs is 1. The molecule has 0 saturated carbocycles. The van der Waals surface area contributed by atoms with Gasteiger partial charge in [-0.2, -0.15) is 0 Å². The summed E-state index contributed by atoms with van der Waals surface area (Å²) in [7, 11) is -2.74. The van der Waals surface area contributed by atoms with Crippen molar-refractivity contribution in [2.45, 2.75) is 64.3 Å². The first-order valence-electron chi connectivity index (χ1n) is 12.6. The normalized spacial score (nSPS) is 14.8. The van der Waals surface area contributed by atoms with E-state index in [2.05, 4.69) is 0 Å². The molecule has 0 spiro atoms. The first-order chi connectivity index (χ1) is 17.4. The first kappa shape index (κ1) is 28.3.